The van der Waals surface area contributed by atoms with Gasteiger partial charge in [0.2, 0.25) is 0 Å². The maximum atomic E-state index is 9.64. The minimum Gasteiger partial charge on any atom is -0.493 e. The molecule has 1 aromatic heterocycles. The number of methoxy groups -OCH3 is 3. The van der Waals surface area contributed by atoms with Crippen LogP contribution in [0.4, 0.5) is 5.82 Å². The fraction of sp³-hybridized carbons (Fsp3) is 0.353. The predicted molar refractivity (Wildman–Crippen MR) is 97.4 cm³/mol. The molecule has 0 unspecified atom stereocenters. The van der Waals surface area contributed by atoms with Crippen LogP contribution in [0.3, 0.4) is 0 Å². The van der Waals surface area contributed by atoms with Crippen LogP contribution in [0.25, 0.3) is 11.3 Å². The van der Waals surface area contributed by atoms with Gasteiger partial charge in [0, 0.05) is 19.2 Å². The smallest absolute Gasteiger partial charge is 0.189 e. The molecule has 2 rings (SSSR count). The zero-order valence-electron chi connectivity index (χ0n) is 14.6. The number of nitrogens with one attached hydrogen (secondary N) is 1. The molecule has 0 spiro atoms. The average molecular weight is 360 g/mol. The van der Waals surface area contributed by atoms with Crippen LogP contribution in [0, 0.1) is 11.3 Å². The maximum absolute atomic E-state index is 9.64. The van der Waals surface area contributed by atoms with Crippen molar-refractivity contribution in [3.05, 3.63) is 23.8 Å². The molecule has 0 saturated heterocycles. The fourth-order valence-corrected chi connectivity index (χ4v) is 2.59. The first-order chi connectivity index (χ1) is 12.2. The summed E-state index contributed by atoms with van der Waals surface area (Å²) in [6, 6.07) is 7.62. The quantitative estimate of drug-likeness (QED) is 0.437. The van der Waals surface area contributed by atoms with E-state index in [9.17, 15) is 5.26 Å². The Morgan fingerprint density at radius 2 is 1.92 bits per heavy atom. The molecular weight excluding hydrogens is 340 g/mol. The lowest BCUT2D eigenvalue weighted by Crippen LogP contribution is -2.12. The van der Waals surface area contributed by atoms with Gasteiger partial charge in [-0.05, 0) is 24.5 Å². The minimum atomic E-state index is 0.376. The molecule has 0 fully saturated rings. The van der Waals surface area contributed by atoms with E-state index < -0.39 is 0 Å². The molecule has 1 aromatic carbocycles. The summed E-state index contributed by atoms with van der Waals surface area (Å²) in [5, 5.41) is 13.4. The first kappa shape index (κ1) is 18.8. The van der Waals surface area contributed by atoms with E-state index in [1.165, 1.54) is 11.8 Å². The third-order valence-electron chi connectivity index (χ3n) is 3.44. The van der Waals surface area contributed by atoms with Gasteiger partial charge in [-0.25, -0.2) is 9.97 Å². The van der Waals surface area contributed by atoms with Gasteiger partial charge in [-0.1, -0.05) is 11.8 Å². The highest BCUT2D eigenvalue weighted by molar-refractivity contribution is 7.98. The van der Waals surface area contributed by atoms with Crippen molar-refractivity contribution in [1.82, 2.24) is 9.97 Å². The van der Waals surface area contributed by atoms with E-state index in [2.05, 4.69) is 21.4 Å². The van der Waals surface area contributed by atoms with Crippen LogP contribution in [0.1, 0.15) is 5.56 Å². The normalized spacial score (nSPS) is 10.2. The van der Waals surface area contributed by atoms with Gasteiger partial charge in [0.25, 0.3) is 0 Å². The highest BCUT2D eigenvalue weighted by Crippen LogP contribution is 2.34. The van der Waals surface area contributed by atoms with E-state index in [0.717, 1.165) is 5.56 Å². The summed E-state index contributed by atoms with van der Waals surface area (Å²) in [5.74, 6) is 1.67. The fourth-order valence-electron chi connectivity index (χ4n) is 2.23. The summed E-state index contributed by atoms with van der Waals surface area (Å²) in [5.41, 5.74) is 1.67. The van der Waals surface area contributed by atoms with Crippen LogP contribution in [-0.4, -0.2) is 50.7 Å². The average Bonchev–Trinajstić information content (AvgIpc) is 2.66. The maximum Gasteiger partial charge on any atom is 0.189 e. The molecular formula is C17H20N4O3S. The van der Waals surface area contributed by atoms with E-state index >= 15 is 0 Å². The van der Waals surface area contributed by atoms with Crippen molar-refractivity contribution in [2.45, 2.75) is 5.16 Å². The van der Waals surface area contributed by atoms with Gasteiger partial charge in [-0.15, -0.1) is 0 Å². The SMILES string of the molecule is COCCNc1nc(SC)nc(-c2ccc(OC)c(OC)c2)c1C#N. The van der Waals surface area contributed by atoms with Gasteiger partial charge >= 0.3 is 0 Å². The Bertz CT molecular complexity index is 777. The molecule has 0 aliphatic rings. The van der Waals surface area contributed by atoms with Gasteiger partial charge in [0.05, 0.1) is 26.5 Å². The molecule has 132 valence electrons. The highest BCUT2D eigenvalue weighted by Gasteiger charge is 2.17. The van der Waals surface area contributed by atoms with E-state index in [-0.39, 0.29) is 0 Å². The van der Waals surface area contributed by atoms with Gasteiger partial charge < -0.3 is 19.5 Å². The Morgan fingerprint density at radius 3 is 2.52 bits per heavy atom. The number of hydrogen-bond donors (Lipinski definition) is 1. The van der Waals surface area contributed by atoms with Crippen molar-refractivity contribution in [3.63, 3.8) is 0 Å². The largest absolute Gasteiger partial charge is 0.493 e. The first-order valence-electron chi connectivity index (χ1n) is 7.49. The van der Waals surface area contributed by atoms with Gasteiger partial charge in [0.1, 0.15) is 17.5 Å². The molecule has 0 aliphatic carbocycles. The zero-order chi connectivity index (χ0) is 18.2. The number of ether oxygens (including phenoxy) is 3. The number of anilines is 1. The molecule has 8 heteroatoms. The van der Waals surface area contributed by atoms with Gasteiger partial charge in [-0.3, -0.25) is 0 Å². The lowest BCUT2D eigenvalue weighted by atomic mass is 10.1. The molecule has 0 amide bonds. The minimum absolute atomic E-state index is 0.376. The molecule has 25 heavy (non-hydrogen) atoms. The van der Waals surface area contributed by atoms with E-state index in [1.807, 2.05) is 12.3 Å². The Labute approximate surface area is 151 Å². The van der Waals surface area contributed by atoms with Crippen molar-refractivity contribution >= 4 is 17.6 Å². The zero-order valence-corrected chi connectivity index (χ0v) is 15.4. The van der Waals surface area contributed by atoms with Crippen molar-refractivity contribution in [2.24, 2.45) is 0 Å². The molecule has 0 atom stereocenters. The van der Waals surface area contributed by atoms with Crippen LogP contribution in [-0.2, 0) is 4.74 Å². The Hall–Kier alpha value is -2.50. The van der Waals surface area contributed by atoms with Crippen LogP contribution >= 0.6 is 11.8 Å². The number of benzene rings is 1. The van der Waals surface area contributed by atoms with Gasteiger partial charge in [0.15, 0.2) is 16.7 Å². The molecule has 0 radical (unpaired) electrons. The standard InChI is InChI=1S/C17H20N4O3S/c1-22-8-7-19-16-12(10-18)15(20-17(21-16)25-4)11-5-6-13(23-2)14(9-11)24-3/h5-6,9H,7-8H2,1-4H3,(H,19,20,21). The van der Waals surface area contributed by atoms with Crippen LogP contribution < -0.4 is 14.8 Å². The topological polar surface area (TPSA) is 89.3 Å². The lowest BCUT2D eigenvalue weighted by molar-refractivity contribution is 0.210. The van der Waals surface area contributed by atoms with E-state index in [0.29, 0.717) is 46.9 Å². The molecule has 2 aromatic rings. The molecule has 0 aliphatic heterocycles. The predicted octanol–water partition coefficient (Wildman–Crippen LogP) is 2.81. The third-order valence-corrected chi connectivity index (χ3v) is 3.99. The summed E-state index contributed by atoms with van der Waals surface area (Å²) in [6.45, 7) is 1.05. The number of aromatic nitrogens is 2. The second-order valence-corrected chi connectivity index (χ2v) is 5.66. The summed E-state index contributed by atoms with van der Waals surface area (Å²) in [7, 11) is 4.76. The molecule has 1 heterocycles. The Kier molecular flexibility index (Phi) is 6.86. The number of hydrogen-bond acceptors (Lipinski definition) is 8. The van der Waals surface area contributed by atoms with Crippen molar-refractivity contribution in [3.8, 4) is 28.8 Å². The van der Waals surface area contributed by atoms with Crippen LogP contribution in [0.5, 0.6) is 11.5 Å². The molecule has 1 N–H and O–H groups in total. The van der Waals surface area contributed by atoms with Crippen molar-refractivity contribution in [2.75, 3.05) is 46.1 Å². The number of rotatable bonds is 8. The van der Waals surface area contributed by atoms with Crippen molar-refractivity contribution < 1.29 is 14.2 Å². The molecule has 0 bridgehead atoms. The van der Waals surface area contributed by atoms with Crippen molar-refractivity contribution in [1.29, 1.82) is 5.26 Å². The van der Waals surface area contributed by atoms with Crippen LogP contribution in [0.15, 0.2) is 23.4 Å². The number of nitriles is 1. The van der Waals surface area contributed by atoms with E-state index in [1.54, 1.807) is 33.5 Å². The lowest BCUT2D eigenvalue weighted by Gasteiger charge is -2.13. The molecule has 0 saturated carbocycles. The second-order valence-electron chi connectivity index (χ2n) is 4.88. The third kappa shape index (κ3) is 4.32. The second kappa shape index (κ2) is 9.11. The Morgan fingerprint density at radius 1 is 1.16 bits per heavy atom. The monoisotopic (exact) mass is 360 g/mol. The Balaban J connectivity index is 2.56. The first-order valence-corrected chi connectivity index (χ1v) is 8.72. The molecule has 7 nitrogen and oxygen atoms in total. The number of nitrogens with zero attached hydrogens (tertiary/aromatic N) is 3. The van der Waals surface area contributed by atoms with Gasteiger partial charge in [-0.2, -0.15) is 5.26 Å². The van der Waals surface area contributed by atoms with Crippen LogP contribution in [0.2, 0.25) is 0 Å². The summed E-state index contributed by atoms with van der Waals surface area (Å²) < 4.78 is 15.7. The summed E-state index contributed by atoms with van der Waals surface area (Å²) >= 11 is 1.41. The highest BCUT2D eigenvalue weighted by atomic mass is 32.2. The summed E-state index contributed by atoms with van der Waals surface area (Å²) in [4.78, 5) is 8.92. The number of thioether (sulfide) groups is 1. The summed E-state index contributed by atoms with van der Waals surface area (Å²) in [6.07, 6.45) is 1.89. The van der Waals surface area contributed by atoms with E-state index in [4.69, 9.17) is 14.2 Å².